The molecule has 3 aliphatic heterocycles. The summed E-state index contributed by atoms with van der Waals surface area (Å²) in [7, 11) is 3.74. The molecule has 3 fully saturated rings. The SMILES string of the molecule is C.CC[C@H]1OC(=O)[C@H](C)[C@@H](O)[C@H](C)[C@@H](O[C@@H]2O[C@H](C)C[C@H](N(C)C)[C@H]2OC(C)=O)[C@@]2(C)C[C@@H](C)C(=NC(C)=O)[C@H](C)[C@@H](OCC(=O)CO2)[C@]1(C)O. The number of hydrogen-bond donors (Lipinski definition) is 2. The molecular weight excluding hydrogens is 664 g/mol. The van der Waals surface area contributed by atoms with Gasteiger partial charge in [-0.2, -0.15) is 0 Å². The lowest BCUT2D eigenvalue weighted by Gasteiger charge is -2.49. The fourth-order valence-electron chi connectivity index (χ4n) is 8.00. The van der Waals surface area contributed by atoms with Crippen LogP contribution in [-0.4, -0.2) is 132 Å². The Balaban J connectivity index is 0.00000901. The first kappa shape index (κ1) is 44.8. The second kappa shape index (κ2) is 18.1. The van der Waals surface area contributed by atoms with E-state index in [1.54, 1.807) is 27.7 Å². The van der Waals surface area contributed by atoms with Crippen molar-refractivity contribution >= 4 is 29.3 Å². The molecule has 14 atom stereocenters. The minimum absolute atomic E-state index is 0. The van der Waals surface area contributed by atoms with Crippen LogP contribution in [0.15, 0.2) is 4.99 Å². The van der Waals surface area contributed by atoms with Gasteiger partial charge >= 0.3 is 11.9 Å². The summed E-state index contributed by atoms with van der Waals surface area (Å²) in [6.07, 6.45) is -6.15. The van der Waals surface area contributed by atoms with E-state index in [0.29, 0.717) is 12.1 Å². The Morgan fingerprint density at radius 3 is 2.22 bits per heavy atom. The van der Waals surface area contributed by atoms with E-state index < -0.39 is 109 Å². The molecule has 3 saturated heterocycles. The Morgan fingerprint density at radius 1 is 1.04 bits per heavy atom. The molecule has 2 N–H and O–H groups in total. The van der Waals surface area contributed by atoms with Gasteiger partial charge in [0.15, 0.2) is 18.2 Å². The van der Waals surface area contributed by atoms with E-state index >= 15 is 0 Å². The van der Waals surface area contributed by atoms with Gasteiger partial charge in [0.05, 0.1) is 42.0 Å². The van der Waals surface area contributed by atoms with E-state index in [1.165, 1.54) is 27.7 Å². The smallest absolute Gasteiger partial charge is 0.311 e. The number of carbonyl (C=O) groups excluding carboxylic acids is 4. The lowest BCUT2D eigenvalue weighted by Crippen LogP contribution is -2.61. The number of aliphatic hydroxyl groups is 2. The molecule has 0 saturated carbocycles. The largest absolute Gasteiger partial charge is 0.459 e. The Morgan fingerprint density at radius 2 is 1.67 bits per heavy atom. The summed E-state index contributed by atoms with van der Waals surface area (Å²) < 4.78 is 37.5. The lowest BCUT2D eigenvalue weighted by molar-refractivity contribution is -0.304. The number of Topliss-reactive ketones (excluding diaryl/α,β-unsaturated/α-hetero) is 1. The van der Waals surface area contributed by atoms with Crippen molar-refractivity contribution in [3.05, 3.63) is 0 Å². The number of aliphatic hydroxyl groups excluding tert-OH is 1. The number of nitrogens with zero attached hydrogens (tertiary/aromatic N) is 2. The van der Waals surface area contributed by atoms with E-state index in [0.717, 1.165) is 0 Å². The van der Waals surface area contributed by atoms with Crippen molar-refractivity contribution in [3.8, 4) is 0 Å². The summed E-state index contributed by atoms with van der Waals surface area (Å²) in [6, 6.07) is -0.287. The maximum absolute atomic E-state index is 13.7. The van der Waals surface area contributed by atoms with Crippen molar-refractivity contribution in [2.24, 2.45) is 28.7 Å². The van der Waals surface area contributed by atoms with Crippen molar-refractivity contribution in [3.63, 3.8) is 0 Å². The van der Waals surface area contributed by atoms with Crippen LogP contribution in [0.5, 0.6) is 0 Å². The molecule has 294 valence electrons. The molecule has 51 heavy (non-hydrogen) atoms. The molecule has 3 rings (SSSR count). The van der Waals surface area contributed by atoms with Crippen LogP contribution in [0.2, 0.25) is 0 Å². The van der Waals surface area contributed by atoms with Crippen LogP contribution in [0.1, 0.15) is 95.9 Å². The minimum atomic E-state index is -1.84. The van der Waals surface area contributed by atoms with E-state index in [4.69, 9.17) is 28.4 Å². The topological polar surface area (TPSA) is 180 Å². The normalized spacial score (nSPS) is 42.5. The van der Waals surface area contributed by atoms with E-state index in [1.807, 2.05) is 32.8 Å². The number of amides is 1. The maximum atomic E-state index is 13.7. The molecule has 3 heterocycles. The van der Waals surface area contributed by atoms with Crippen LogP contribution >= 0.6 is 0 Å². The summed E-state index contributed by atoms with van der Waals surface area (Å²) in [6.45, 7) is 15.5. The van der Waals surface area contributed by atoms with E-state index in [-0.39, 0.29) is 32.4 Å². The van der Waals surface area contributed by atoms with Gasteiger partial charge in [0.2, 0.25) is 5.91 Å². The first-order valence-electron chi connectivity index (χ1n) is 17.8. The Kier molecular flexibility index (Phi) is 15.9. The third-order valence-corrected chi connectivity index (χ3v) is 10.6. The number of ketones is 1. The predicted octanol–water partition coefficient (Wildman–Crippen LogP) is 3.12. The number of fused-ring (bicyclic) bond motifs is 5. The lowest BCUT2D eigenvalue weighted by atomic mass is 9.73. The van der Waals surface area contributed by atoms with Crippen molar-refractivity contribution in [2.45, 2.75) is 156 Å². The van der Waals surface area contributed by atoms with Gasteiger partial charge in [-0.25, -0.2) is 4.99 Å². The highest BCUT2D eigenvalue weighted by Gasteiger charge is 2.53. The second-order valence-corrected chi connectivity index (χ2v) is 15.2. The molecule has 0 aromatic carbocycles. The molecule has 2 bridgehead atoms. The molecule has 14 heteroatoms. The van der Waals surface area contributed by atoms with E-state index in [2.05, 4.69) is 4.99 Å². The van der Waals surface area contributed by atoms with Crippen LogP contribution < -0.4 is 0 Å². The summed E-state index contributed by atoms with van der Waals surface area (Å²) >= 11 is 0. The minimum Gasteiger partial charge on any atom is -0.459 e. The average Bonchev–Trinajstić information content (AvgIpc) is 3.03. The average molecular weight is 729 g/mol. The van der Waals surface area contributed by atoms with Gasteiger partial charge in [0.1, 0.15) is 24.9 Å². The fourth-order valence-corrected chi connectivity index (χ4v) is 8.00. The third kappa shape index (κ3) is 10.4. The Hall–Kier alpha value is -2.33. The fraction of sp³-hybridized carbons (Fsp3) is 0.865. The monoisotopic (exact) mass is 728 g/mol. The maximum Gasteiger partial charge on any atom is 0.311 e. The van der Waals surface area contributed by atoms with Crippen molar-refractivity contribution in [1.82, 2.24) is 4.90 Å². The Bertz CT molecular complexity index is 1260. The first-order chi connectivity index (χ1) is 23.1. The van der Waals surface area contributed by atoms with E-state index in [9.17, 15) is 29.4 Å². The van der Waals surface area contributed by atoms with Gasteiger partial charge in [0.25, 0.3) is 0 Å². The van der Waals surface area contributed by atoms with Gasteiger partial charge in [-0.05, 0) is 67.0 Å². The van der Waals surface area contributed by atoms with Crippen LogP contribution in [0, 0.1) is 23.7 Å². The number of hydrogen-bond acceptors (Lipinski definition) is 13. The molecule has 1 amide bonds. The van der Waals surface area contributed by atoms with Crippen molar-refractivity contribution < 1.29 is 57.8 Å². The zero-order valence-corrected chi connectivity index (χ0v) is 31.8. The van der Waals surface area contributed by atoms with Gasteiger partial charge in [-0.3, -0.25) is 19.2 Å². The first-order valence-corrected chi connectivity index (χ1v) is 17.8. The highest BCUT2D eigenvalue weighted by Crippen LogP contribution is 2.41. The Labute approximate surface area is 303 Å². The molecule has 0 spiro atoms. The van der Waals surface area contributed by atoms with Crippen LogP contribution in [-0.2, 0) is 47.6 Å². The molecular formula is C37H64N2O12. The van der Waals surface area contributed by atoms with Crippen molar-refractivity contribution in [1.29, 1.82) is 0 Å². The van der Waals surface area contributed by atoms with Crippen molar-refractivity contribution in [2.75, 3.05) is 27.3 Å². The van der Waals surface area contributed by atoms with Crippen LogP contribution in [0.25, 0.3) is 0 Å². The number of rotatable bonds is 5. The summed E-state index contributed by atoms with van der Waals surface area (Å²) in [5.74, 6) is -5.40. The zero-order chi connectivity index (χ0) is 37.9. The highest BCUT2D eigenvalue weighted by atomic mass is 16.7. The van der Waals surface area contributed by atoms with Crippen LogP contribution in [0.3, 0.4) is 0 Å². The van der Waals surface area contributed by atoms with Gasteiger partial charge in [0, 0.05) is 31.4 Å². The molecule has 0 aliphatic carbocycles. The third-order valence-electron chi connectivity index (χ3n) is 10.6. The highest BCUT2D eigenvalue weighted by molar-refractivity contribution is 5.98. The van der Waals surface area contributed by atoms with Crippen LogP contribution in [0.4, 0.5) is 0 Å². The molecule has 0 radical (unpaired) electrons. The number of ether oxygens (including phenoxy) is 6. The number of esters is 2. The number of aliphatic imine (C=N–C) groups is 1. The summed E-state index contributed by atoms with van der Waals surface area (Å²) in [5, 5.41) is 23.9. The number of cyclic esters (lactones) is 1. The second-order valence-electron chi connectivity index (χ2n) is 15.2. The standard InChI is InChI=1S/C36H60N2O12.CH4/c1-13-27-36(10,44)32-20(4)28(37-23(7)39)18(2)15-35(9,46-17-25(41)16-45-32)31(21(5)29(42)22(6)33(43)49-27)50-34-30(48-24(8)40)26(38(11)12)14-19(3)47-34;/h18-22,26-27,29-32,34,42,44H,13-17H2,1-12H3;1H4/t18-,19-,20+,21+,22-,26+,27-,29+,30-,31-,32-,34+,35-,36-;/m1./s1. The number of likely N-dealkylation sites (N-methyl/N-ethyl adjacent to an activating group) is 1. The van der Waals surface area contributed by atoms with Gasteiger partial charge in [-0.15, -0.1) is 0 Å². The molecule has 14 nitrogen and oxygen atoms in total. The van der Waals surface area contributed by atoms with Gasteiger partial charge in [-0.1, -0.05) is 35.1 Å². The predicted molar refractivity (Wildman–Crippen MR) is 189 cm³/mol. The number of carbonyl (C=O) groups is 4. The molecule has 0 aromatic heterocycles. The summed E-state index contributed by atoms with van der Waals surface area (Å²) in [5.41, 5.74) is -2.85. The quantitative estimate of drug-likeness (QED) is 0.395. The van der Waals surface area contributed by atoms with Gasteiger partial charge < -0.3 is 43.5 Å². The molecule has 0 aromatic rings. The zero-order valence-electron chi connectivity index (χ0n) is 31.8. The molecule has 3 aliphatic rings. The molecule has 0 unspecified atom stereocenters. The summed E-state index contributed by atoms with van der Waals surface area (Å²) in [4.78, 5) is 58.4.